The van der Waals surface area contributed by atoms with Crippen molar-refractivity contribution in [2.75, 3.05) is 0 Å². The van der Waals surface area contributed by atoms with Crippen molar-refractivity contribution < 1.29 is 24.6 Å². The number of benzene rings is 2. The van der Waals surface area contributed by atoms with Crippen LogP contribution in [0.1, 0.15) is 42.7 Å². The van der Waals surface area contributed by atoms with E-state index >= 15 is 0 Å². The molecule has 0 aromatic heterocycles. The van der Waals surface area contributed by atoms with Crippen molar-refractivity contribution in [3.63, 3.8) is 0 Å². The summed E-state index contributed by atoms with van der Waals surface area (Å²) in [5.41, 5.74) is 0.968. The predicted molar refractivity (Wildman–Crippen MR) is 114 cm³/mol. The monoisotopic (exact) mass is 415 g/mol. The van der Waals surface area contributed by atoms with Crippen LogP contribution >= 0.6 is 0 Å². The van der Waals surface area contributed by atoms with Gasteiger partial charge in [0.25, 0.3) is 0 Å². The zero-order valence-electron chi connectivity index (χ0n) is 17.1. The second-order valence-corrected chi connectivity index (χ2v) is 12.0. The number of carboxylic acid groups (broad SMARTS) is 1. The molecule has 2 aromatic rings. The largest absolute Gasteiger partial charge is 0.479 e. The van der Waals surface area contributed by atoms with E-state index in [1.807, 2.05) is 26.8 Å². The Morgan fingerprint density at radius 2 is 1.41 bits per heavy atom. The summed E-state index contributed by atoms with van der Waals surface area (Å²) in [5.74, 6) is -1.91. The minimum absolute atomic E-state index is 0.375. The molecule has 6 nitrogen and oxygen atoms in total. The number of rotatable bonds is 10. The number of hydrogen-bond donors (Lipinski definition) is 2. The summed E-state index contributed by atoms with van der Waals surface area (Å²) in [6.07, 6.45) is -1.74. The van der Waals surface area contributed by atoms with Crippen LogP contribution in [0.5, 0.6) is 0 Å². The molecule has 156 valence electrons. The Kier molecular flexibility index (Phi) is 8.13. The number of aliphatic carboxylic acids is 1. The Morgan fingerprint density at radius 1 is 0.931 bits per heavy atom. The number of hydrogen-bond acceptors (Lipinski definition) is 5. The van der Waals surface area contributed by atoms with Crippen LogP contribution in [0.4, 0.5) is 0 Å². The van der Waals surface area contributed by atoms with Crippen LogP contribution in [-0.2, 0) is 9.63 Å². The molecule has 0 spiro atoms. The number of hydroxylamine groups is 1. The van der Waals surface area contributed by atoms with Gasteiger partial charge in [0.2, 0.25) is 0 Å². The highest BCUT2D eigenvalue weighted by Crippen LogP contribution is 2.36. The first-order valence-electron chi connectivity index (χ1n) is 9.92. The van der Waals surface area contributed by atoms with E-state index in [0.29, 0.717) is 11.1 Å². The molecule has 7 heteroatoms. The van der Waals surface area contributed by atoms with Gasteiger partial charge in [-0.15, -0.1) is 0 Å². The van der Waals surface area contributed by atoms with Crippen LogP contribution in [0.2, 0.25) is 18.1 Å². The SMILES string of the molecule is CC[Si](CC)(CC)N(OC(=O)c1ccccc1)[C@@H](c1ccccc1)[C@@H](O)C(=O)O. The smallest absolute Gasteiger partial charge is 0.356 e. The van der Waals surface area contributed by atoms with Crippen LogP contribution in [0.15, 0.2) is 60.7 Å². The van der Waals surface area contributed by atoms with Crippen molar-refractivity contribution in [1.29, 1.82) is 0 Å². The fourth-order valence-corrected chi connectivity index (χ4v) is 7.21. The third kappa shape index (κ3) is 5.12. The molecule has 0 heterocycles. The number of carbonyl (C=O) groups excluding carboxylic acids is 1. The maximum absolute atomic E-state index is 12.9. The van der Waals surface area contributed by atoms with E-state index in [9.17, 15) is 19.8 Å². The lowest BCUT2D eigenvalue weighted by atomic mass is 10.0. The van der Waals surface area contributed by atoms with Gasteiger partial charge < -0.3 is 15.1 Å². The molecule has 2 atom stereocenters. The van der Waals surface area contributed by atoms with E-state index in [-0.39, 0.29) is 0 Å². The van der Waals surface area contributed by atoms with Crippen LogP contribution < -0.4 is 0 Å². The summed E-state index contributed by atoms with van der Waals surface area (Å²) in [6, 6.07) is 18.7. The average Bonchev–Trinajstić information content (AvgIpc) is 2.76. The van der Waals surface area contributed by atoms with Gasteiger partial charge >= 0.3 is 11.9 Å². The fourth-order valence-electron chi connectivity index (χ4n) is 3.61. The first-order chi connectivity index (χ1) is 13.9. The lowest BCUT2D eigenvalue weighted by molar-refractivity contribution is -0.160. The molecule has 0 saturated carbocycles. The fraction of sp³-hybridized carbons (Fsp3) is 0.364. The summed E-state index contributed by atoms with van der Waals surface area (Å²) < 4.78 is 1.55. The Labute approximate surface area is 172 Å². The van der Waals surface area contributed by atoms with Crippen LogP contribution in [0.25, 0.3) is 0 Å². The van der Waals surface area contributed by atoms with Gasteiger partial charge in [0.1, 0.15) is 0 Å². The van der Waals surface area contributed by atoms with Gasteiger partial charge in [0.05, 0.1) is 11.6 Å². The molecule has 0 fully saturated rings. The number of carbonyl (C=O) groups is 2. The van der Waals surface area contributed by atoms with E-state index in [1.165, 1.54) is 0 Å². The van der Waals surface area contributed by atoms with Crippen molar-refractivity contribution in [1.82, 2.24) is 4.73 Å². The van der Waals surface area contributed by atoms with Gasteiger partial charge in [-0.1, -0.05) is 69.3 Å². The van der Waals surface area contributed by atoms with E-state index in [4.69, 9.17) is 4.84 Å². The summed E-state index contributed by atoms with van der Waals surface area (Å²) in [4.78, 5) is 30.6. The van der Waals surface area contributed by atoms with Crippen molar-refractivity contribution in [3.8, 4) is 0 Å². The molecule has 0 aliphatic rings. The van der Waals surface area contributed by atoms with Gasteiger partial charge in [-0.05, 0) is 35.8 Å². The van der Waals surface area contributed by atoms with Gasteiger partial charge in [0, 0.05) is 0 Å². The topological polar surface area (TPSA) is 87.1 Å². The van der Waals surface area contributed by atoms with Crippen LogP contribution in [0, 0.1) is 0 Å². The molecular weight excluding hydrogens is 386 g/mol. The molecule has 0 aliphatic carbocycles. The summed E-state index contributed by atoms with van der Waals surface area (Å²) in [6.45, 7) is 6.08. The van der Waals surface area contributed by atoms with Gasteiger partial charge in [-0.2, -0.15) is 4.73 Å². The molecule has 2 rings (SSSR count). The molecule has 2 aromatic carbocycles. The first kappa shape index (κ1) is 22.8. The van der Waals surface area contributed by atoms with Crippen molar-refractivity contribution >= 4 is 20.2 Å². The first-order valence-corrected chi connectivity index (χ1v) is 12.5. The molecular formula is C22H29NO5Si. The van der Waals surface area contributed by atoms with E-state index < -0.39 is 32.3 Å². The highest BCUT2D eigenvalue weighted by Gasteiger charge is 2.47. The Balaban J connectivity index is 2.58. The minimum atomic E-state index is -2.43. The maximum Gasteiger partial charge on any atom is 0.356 e. The van der Waals surface area contributed by atoms with Crippen molar-refractivity contribution in [2.45, 2.75) is 51.0 Å². The van der Waals surface area contributed by atoms with Crippen LogP contribution in [-0.4, -0.2) is 41.2 Å². The highest BCUT2D eigenvalue weighted by molar-refractivity contribution is 6.76. The van der Waals surface area contributed by atoms with E-state index in [1.54, 1.807) is 59.3 Å². The van der Waals surface area contributed by atoms with Crippen molar-refractivity contribution in [2.24, 2.45) is 0 Å². The normalized spacial score (nSPS) is 13.7. The number of aliphatic hydroxyl groups is 1. The molecule has 0 saturated heterocycles. The predicted octanol–water partition coefficient (Wildman–Crippen LogP) is 4.25. The second-order valence-electron chi connectivity index (χ2n) is 6.99. The van der Waals surface area contributed by atoms with Gasteiger partial charge in [-0.3, -0.25) is 0 Å². The molecule has 0 amide bonds. The quantitative estimate of drug-likeness (QED) is 0.445. The summed E-state index contributed by atoms with van der Waals surface area (Å²) in [7, 11) is -2.43. The van der Waals surface area contributed by atoms with E-state index in [0.717, 1.165) is 18.1 Å². The lowest BCUT2D eigenvalue weighted by Gasteiger charge is -2.44. The molecule has 29 heavy (non-hydrogen) atoms. The van der Waals surface area contributed by atoms with Gasteiger partial charge in [-0.25, -0.2) is 9.59 Å². The molecule has 2 N–H and O–H groups in total. The average molecular weight is 416 g/mol. The molecule has 0 unspecified atom stereocenters. The lowest BCUT2D eigenvalue weighted by Crippen LogP contribution is -2.57. The molecule has 0 bridgehead atoms. The highest BCUT2D eigenvalue weighted by atomic mass is 28.3. The number of carboxylic acids is 1. The van der Waals surface area contributed by atoms with Gasteiger partial charge in [0.15, 0.2) is 14.3 Å². The summed E-state index contributed by atoms with van der Waals surface area (Å²) >= 11 is 0. The summed E-state index contributed by atoms with van der Waals surface area (Å²) in [5, 5.41) is 20.2. The minimum Gasteiger partial charge on any atom is -0.479 e. The molecule has 0 radical (unpaired) electrons. The number of nitrogens with zero attached hydrogens (tertiary/aromatic N) is 1. The zero-order valence-corrected chi connectivity index (χ0v) is 18.1. The Bertz CT molecular complexity index is 787. The zero-order chi connectivity index (χ0) is 21.4. The third-order valence-corrected chi connectivity index (χ3v) is 10.8. The second kappa shape index (κ2) is 10.3. The Hall–Kier alpha value is -2.48. The standard InChI is InChI=1S/C22H29NO5Si/c1-4-29(5-2,6-3)23(28-22(27)18-15-11-8-12-16-18)19(20(24)21(25)26)17-13-9-7-10-14-17/h7-16,19-20,24H,4-6H2,1-3H3,(H,25,26)/t19-,20+/m0/s1. The maximum atomic E-state index is 12.9. The Morgan fingerprint density at radius 3 is 1.86 bits per heavy atom. The van der Waals surface area contributed by atoms with E-state index in [2.05, 4.69) is 0 Å². The third-order valence-electron chi connectivity index (χ3n) is 5.58. The van der Waals surface area contributed by atoms with Crippen molar-refractivity contribution in [3.05, 3.63) is 71.8 Å². The number of aliphatic hydroxyl groups excluding tert-OH is 1. The van der Waals surface area contributed by atoms with Crippen LogP contribution in [0.3, 0.4) is 0 Å². The molecule has 0 aliphatic heterocycles.